The molecule has 0 saturated heterocycles. The summed E-state index contributed by atoms with van der Waals surface area (Å²) in [7, 11) is 0. The molecule has 0 bridgehead atoms. The minimum atomic E-state index is 0.148. The molecular weight excluding hydrogens is 244 g/mol. The van der Waals surface area contributed by atoms with Gasteiger partial charge in [0.1, 0.15) is 5.01 Å². The lowest BCUT2D eigenvalue weighted by molar-refractivity contribution is -0.117. The molecule has 92 valence electrons. The molecule has 0 N–H and O–H groups in total. The van der Waals surface area contributed by atoms with Crippen molar-refractivity contribution in [1.29, 1.82) is 0 Å². The molecular formula is C14H14N2OS. The zero-order chi connectivity index (χ0) is 12.5. The first-order valence-electron chi connectivity index (χ1n) is 6.03. The van der Waals surface area contributed by atoms with E-state index < -0.39 is 0 Å². The SMILES string of the molecule is Cc1csc(CC(=O)N2CCc3ccccc32)n1. The van der Waals surface area contributed by atoms with E-state index in [0.29, 0.717) is 6.42 Å². The summed E-state index contributed by atoms with van der Waals surface area (Å²) in [4.78, 5) is 18.5. The van der Waals surface area contributed by atoms with Gasteiger partial charge in [0, 0.05) is 23.3 Å². The Kier molecular flexibility index (Phi) is 2.88. The number of para-hydroxylation sites is 1. The molecule has 0 saturated carbocycles. The number of hydrogen-bond acceptors (Lipinski definition) is 3. The Morgan fingerprint density at radius 2 is 2.28 bits per heavy atom. The van der Waals surface area contributed by atoms with Crippen molar-refractivity contribution in [2.24, 2.45) is 0 Å². The van der Waals surface area contributed by atoms with Gasteiger partial charge in [0.2, 0.25) is 5.91 Å². The second-order valence-corrected chi connectivity index (χ2v) is 5.43. The maximum absolute atomic E-state index is 12.3. The highest BCUT2D eigenvalue weighted by atomic mass is 32.1. The monoisotopic (exact) mass is 258 g/mol. The summed E-state index contributed by atoms with van der Waals surface area (Å²) >= 11 is 1.56. The van der Waals surface area contributed by atoms with Crippen LogP contribution in [0.2, 0.25) is 0 Å². The number of carbonyl (C=O) groups excluding carboxylic acids is 1. The van der Waals surface area contributed by atoms with E-state index in [2.05, 4.69) is 11.1 Å². The van der Waals surface area contributed by atoms with Gasteiger partial charge in [-0.1, -0.05) is 18.2 Å². The Morgan fingerprint density at radius 3 is 3.06 bits per heavy atom. The van der Waals surface area contributed by atoms with E-state index >= 15 is 0 Å². The lowest BCUT2D eigenvalue weighted by Gasteiger charge is -2.16. The van der Waals surface area contributed by atoms with E-state index in [1.54, 1.807) is 11.3 Å². The molecule has 3 rings (SSSR count). The van der Waals surface area contributed by atoms with Crippen LogP contribution in [0.5, 0.6) is 0 Å². The van der Waals surface area contributed by atoms with E-state index in [1.807, 2.05) is 35.4 Å². The van der Waals surface area contributed by atoms with Gasteiger partial charge in [-0.15, -0.1) is 11.3 Å². The number of anilines is 1. The number of aryl methyl sites for hydroxylation is 1. The summed E-state index contributed by atoms with van der Waals surface area (Å²) in [6.07, 6.45) is 1.37. The molecule has 1 amide bonds. The van der Waals surface area contributed by atoms with Crippen molar-refractivity contribution in [2.45, 2.75) is 19.8 Å². The van der Waals surface area contributed by atoms with E-state index in [4.69, 9.17) is 0 Å². The number of rotatable bonds is 2. The number of amides is 1. The molecule has 2 heterocycles. The van der Waals surface area contributed by atoms with Crippen molar-refractivity contribution in [3.05, 3.63) is 45.9 Å². The molecule has 0 aliphatic carbocycles. The lowest BCUT2D eigenvalue weighted by atomic mass is 10.2. The van der Waals surface area contributed by atoms with Crippen LogP contribution in [0.4, 0.5) is 5.69 Å². The van der Waals surface area contributed by atoms with Crippen LogP contribution in [-0.4, -0.2) is 17.4 Å². The lowest BCUT2D eigenvalue weighted by Crippen LogP contribution is -2.30. The van der Waals surface area contributed by atoms with Crippen LogP contribution in [-0.2, 0) is 17.6 Å². The summed E-state index contributed by atoms with van der Waals surface area (Å²) in [6, 6.07) is 8.12. The van der Waals surface area contributed by atoms with E-state index in [0.717, 1.165) is 29.4 Å². The summed E-state index contributed by atoms with van der Waals surface area (Å²) in [5.41, 5.74) is 3.32. The van der Waals surface area contributed by atoms with Gasteiger partial charge in [0.05, 0.1) is 6.42 Å². The summed E-state index contributed by atoms with van der Waals surface area (Å²) in [5, 5.41) is 2.89. The van der Waals surface area contributed by atoms with Gasteiger partial charge in [0.25, 0.3) is 0 Å². The molecule has 1 aliphatic rings. The number of benzene rings is 1. The summed E-state index contributed by atoms with van der Waals surface area (Å²) < 4.78 is 0. The maximum atomic E-state index is 12.3. The Balaban J connectivity index is 1.78. The van der Waals surface area contributed by atoms with Crippen LogP contribution < -0.4 is 4.90 Å². The first kappa shape index (κ1) is 11.4. The highest BCUT2D eigenvalue weighted by Crippen LogP contribution is 2.28. The normalized spacial score (nSPS) is 13.7. The molecule has 0 spiro atoms. The van der Waals surface area contributed by atoms with Crippen LogP contribution in [0.3, 0.4) is 0 Å². The van der Waals surface area contributed by atoms with Crippen molar-refractivity contribution in [3.63, 3.8) is 0 Å². The summed E-state index contributed by atoms with van der Waals surface area (Å²) in [6.45, 7) is 2.75. The molecule has 0 radical (unpaired) electrons. The smallest absolute Gasteiger partial charge is 0.233 e. The Hall–Kier alpha value is -1.68. The van der Waals surface area contributed by atoms with Crippen molar-refractivity contribution in [1.82, 2.24) is 4.98 Å². The molecule has 0 atom stereocenters. The third-order valence-corrected chi connectivity index (χ3v) is 4.12. The van der Waals surface area contributed by atoms with E-state index in [-0.39, 0.29) is 5.91 Å². The number of carbonyl (C=O) groups is 1. The average Bonchev–Trinajstić information content (AvgIpc) is 2.95. The number of nitrogens with zero attached hydrogens (tertiary/aromatic N) is 2. The highest BCUT2D eigenvalue weighted by Gasteiger charge is 2.24. The van der Waals surface area contributed by atoms with Gasteiger partial charge in [-0.3, -0.25) is 4.79 Å². The molecule has 4 heteroatoms. The largest absolute Gasteiger partial charge is 0.311 e. The molecule has 1 aliphatic heterocycles. The minimum Gasteiger partial charge on any atom is -0.311 e. The van der Waals surface area contributed by atoms with Crippen LogP contribution in [0.1, 0.15) is 16.3 Å². The number of fused-ring (bicyclic) bond motifs is 1. The predicted molar refractivity (Wildman–Crippen MR) is 73.1 cm³/mol. The first-order chi connectivity index (χ1) is 8.74. The third-order valence-electron chi connectivity index (χ3n) is 3.16. The molecule has 1 aromatic heterocycles. The Morgan fingerprint density at radius 1 is 1.44 bits per heavy atom. The van der Waals surface area contributed by atoms with Gasteiger partial charge >= 0.3 is 0 Å². The average molecular weight is 258 g/mol. The van der Waals surface area contributed by atoms with E-state index in [1.165, 1.54) is 5.56 Å². The Labute approximate surface area is 110 Å². The fourth-order valence-corrected chi connectivity index (χ4v) is 3.07. The van der Waals surface area contributed by atoms with Crippen LogP contribution in [0, 0.1) is 6.92 Å². The molecule has 1 aromatic carbocycles. The zero-order valence-electron chi connectivity index (χ0n) is 10.2. The van der Waals surface area contributed by atoms with Crippen molar-refractivity contribution < 1.29 is 4.79 Å². The fraction of sp³-hybridized carbons (Fsp3) is 0.286. The van der Waals surface area contributed by atoms with Crippen LogP contribution in [0.25, 0.3) is 0 Å². The first-order valence-corrected chi connectivity index (χ1v) is 6.91. The summed E-state index contributed by atoms with van der Waals surface area (Å²) in [5.74, 6) is 0.148. The van der Waals surface area contributed by atoms with Crippen molar-refractivity contribution in [3.8, 4) is 0 Å². The highest BCUT2D eigenvalue weighted by molar-refractivity contribution is 7.09. The number of hydrogen-bond donors (Lipinski definition) is 0. The van der Waals surface area contributed by atoms with Gasteiger partial charge in [0.15, 0.2) is 0 Å². The molecule has 0 fully saturated rings. The van der Waals surface area contributed by atoms with Gasteiger partial charge in [-0.2, -0.15) is 0 Å². The quantitative estimate of drug-likeness (QED) is 0.829. The Bertz CT molecular complexity index is 591. The van der Waals surface area contributed by atoms with Crippen LogP contribution >= 0.6 is 11.3 Å². The third kappa shape index (κ3) is 2.04. The predicted octanol–water partition coefficient (Wildman–Crippen LogP) is 2.58. The van der Waals surface area contributed by atoms with Gasteiger partial charge < -0.3 is 4.90 Å². The molecule has 2 aromatic rings. The maximum Gasteiger partial charge on any atom is 0.233 e. The minimum absolute atomic E-state index is 0.148. The topological polar surface area (TPSA) is 33.2 Å². The van der Waals surface area contributed by atoms with Crippen LogP contribution in [0.15, 0.2) is 29.6 Å². The number of thiazole rings is 1. The van der Waals surface area contributed by atoms with Gasteiger partial charge in [-0.25, -0.2) is 4.98 Å². The second kappa shape index (κ2) is 4.53. The molecule has 0 unspecified atom stereocenters. The fourth-order valence-electron chi connectivity index (χ4n) is 2.31. The molecule has 3 nitrogen and oxygen atoms in total. The standard InChI is InChI=1S/C14H14N2OS/c1-10-9-18-13(15-10)8-14(17)16-7-6-11-4-2-3-5-12(11)16/h2-5,9H,6-8H2,1H3. The van der Waals surface area contributed by atoms with Gasteiger partial charge in [-0.05, 0) is 25.0 Å². The van der Waals surface area contributed by atoms with E-state index in [9.17, 15) is 4.79 Å². The second-order valence-electron chi connectivity index (χ2n) is 4.48. The van der Waals surface area contributed by atoms with Crippen molar-refractivity contribution in [2.75, 3.05) is 11.4 Å². The zero-order valence-corrected chi connectivity index (χ0v) is 11.0. The molecule has 18 heavy (non-hydrogen) atoms. The van der Waals surface area contributed by atoms with Crippen molar-refractivity contribution >= 4 is 22.9 Å². The number of aromatic nitrogens is 1.